The van der Waals surface area contributed by atoms with Crippen LogP contribution >= 0.6 is 35.3 Å². The fourth-order valence-electron chi connectivity index (χ4n) is 3.14. The van der Waals surface area contributed by atoms with Crippen LogP contribution in [0.5, 0.6) is 5.75 Å². The first kappa shape index (κ1) is 25.8. The van der Waals surface area contributed by atoms with Gasteiger partial charge in [-0.3, -0.25) is 4.90 Å². The van der Waals surface area contributed by atoms with Crippen molar-refractivity contribution in [3.63, 3.8) is 0 Å². The number of hydrogen-bond acceptors (Lipinski definition) is 6. The number of morpholine rings is 1. The van der Waals surface area contributed by atoms with E-state index in [-0.39, 0.29) is 24.0 Å². The lowest BCUT2D eigenvalue weighted by Gasteiger charge is -2.26. The van der Waals surface area contributed by atoms with Gasteiger partial charge in [0, 0.05) is 42.8 Å². The maximum atomic E-state index is 6.08. The molecule has 172 valence electrons. The molecule has 2 aromatic rings. The minimum atomic E-state index is 0. The molecule has 0 radical (unpaired) electrons. The van der Waals surface area contributed by atoms with Crippen LogP contribution in [0.3, 0.4) is 0 Å². The zero-order valence-electron chi connectivity index (χ0n) is 18.4. The van der Waals surface area contributed by atoms with Crippen molar-refractivity contribution in [3.8, 4) is 5.75 Å². The molecule has 1 fully saturated rings. The number of nitrogens with one attached hydrogen (secondary N) is 2. The van der Waals surface area contributed by atoms with E-state index < -0.39 is 0 Å². The summed E-state index contributed by atoms with van der Waals surface area (Å²) >= 11 is 1.74. The second-order valence-electron chi connectivity index (χ2n) is 7.03. The minimum absolute atomic E-state index is 0. The zero-order valence-corrected chi connectivity index (χ0v) is 21.6. The van der Waals surface area contributed by atoms with E-state index >= 15 is 0 Å². The number of ether oxygens (including phenoxy) is 2. The summed E-state index contributed by atoms with van der Waals surface area (Å²) < 4.78 is 11.5. The molecule has 9 heteroatoms. The molecular formula is C22H34IN5O2S. The van der Waals surface area contributed by atoms with Crippen molar-refractivity contribution < 1.29 is 9.47 Å². The lowest BCUT2D eigenvalue weighted by atomic mass is 10.2. The fraction of sp³-hybridized carbons (Fsp3) is 0.545. The smallest absolute Gasteiger partial charge is 0.191 e. The summed E-state index contributed by atoms with van der Waals surface area (Å²) in [5, 5.41) is 7.76. The topological polar surface area (TPSA) is 71.0 Å². The summed E-state index contributed by atoms with van der Waals surface area (Å²) in [6.07, 6.45) is 2.98. The van der Waals surface area contributed by atoms with Gasteiger partial charge in [0.05, 0.1) is 26.3 Å². The Morgan fingerprint density at radius 1 is 1.23 bits per heavy atom. The first-order valence-corrected chi connectivity index (χ1v) is 11.6. The molecule has 2 N–H and O–H groups in total. The molecular weight excluding hydrogens is 525 g/mol. The Balaban J connectivity index is 0.00000341. The number of nitrogens with zero attached hydrogens (tertiary/aromatic N) is 3. The lowest BCUT2D eigenvalue weighted by molar-refractivity contribution is 0.0322. The summed E-state index contributed by atoms with van der Waals surface area (Å²) in [5.41, 5.74) is 1.08. The normalized spacial score (nSPS) is 14.7. The number of thiazole rings is 1. The van der Waals surface area contributed by atoms with Crippen LogP contribution in [0.1, 0.15) is 29.3 Å². The monoisotopic (exact) mass is 559 g/mol. The van der Waals surface area contributed by atoms with Crippen molar-refractivity contribution in [1.29, 1.82) is 0 Å². The predicted octanol–water partition coefficient (Wildman–Crippen LogP) is 3.29. The third-order valence-electron chi connectivity index (χ3n) is 4.85. The van der Waals surface area contributed by atoms with Crippen LogP contribution < -0.4 is 15.4 Å². The van der Waals surface area contributed by atoms with Crippen molar-refractivity contribution in [1.82, 2.24) is 20.5 Å². The number of benzene rings is 1. The molecule has 2 heterocycles. The van der Waals surface area contributed by atoms with E-state index in [1.807, 2.05) is 24.4 Å². The van der Waals surface area contributed by atoms with E-state index in [9.17, 15) is 0 Å². The Bertz CT molecular complexity index is 796. The lowest BCUT2D eigenvalue weighted by Crippen LogP contribution is -2.38. The summed E-state index contributed by atoms with van der Waals surface area (Å²) in [6.45, 7) is 11.4. The predicted molar refractivity (Wildman–Crippen MR) is 138 cm³/mol. The van der Waals surface area contributed by atoms with Crippen LogP contribution in [0.2, 0.25) is 0 Å². The van der Waals surface area contributed by atoms with Crippen LogP contribution in [0.15, 0.2) is 35.5 Å². The van der Waals surface area contributed by atoms with E-state index in [0.29, 0.717) is 19.7 Å². The van der Waals surface area contributed by atoms with Gasteiger partial charge in [-0.2, -0.15) is 0 Å². The molecule has 0 bridgehead atoms. The highest BCUT2D eigenvalue weighted by molar-refractivity contribution is 14.0. The molecule has 0 aliphatic carbocycles. The number of aliphatic imine (C=N–C) groups is 1. The number of para-hydroxylation sites is 1. The van der Waals surface area contributed by atoms with Crippen molar-refractivity contribution in [2.45, 2.75) is 33.4 Å². The van der Waals surface area contributed by atoms with Gasteiger partial charge in [0.1, 0.15) is 17.4 Å². The number of hydrogen-bond donors (Lipinski definition) is 2. The Labute approximate surface area is 206 Å². The third kappa shape index (κ3) is 8.91. The molecule has 0 atom stereocenters. The molecule has 3 rings (SSSR count). The zero-order chi connectivity index (χ0) is 21.0. The highest BCUT2D eigenvalue weighted by Crippen LogP contribution is 2.19. The molecule has 1 saturated heterocycles. The average molecular weight is 560 g/mol. The summed E-state index contributed by atoms with van der Waals surface area (Å²) in [5.74, 6) is 1.69. The molecule has 1 aliphatic rings. The standard InChI is InChI=1S/C22H33N5O2S.HI/c1-3-19-16-24-21(30-19)17-26-22(23-4-2)25-15-18-7-5-6-8-20(18)29-14-11-27-9-12-28-13-10-27;/h5-8,16H,3-4,9-15,17H2,1-2H3,(H2,23,25,26);1H. The van der Waals surface area contributed by atoms with Gasteiger partial charge in [-0.05, 0) is 19.4 Å². The SMILES string of the molecule is CCNC(=NCc1ccccc1OCCN1CCOCC1)NCc1ncc(CC)s1.I. The van der Waals surface area contributed by atoms with Gasteiger partial charge in [-0.15, -0.1) is 35.3 Å². The van der Waals surface area contributed by atoms with E-state index in [1.54, 1.807) is 11.3 Å². The summed E-state index contributed by atoms with van der Waals surface area (Å²) in [6, 6.07) is 8.13. The van der Waals surface area contributed by atoms with E-state index in [4.69, 9.17) is 14.5 Å². The number of aromatic nitrogens is 1. The molecule has 0 saturated carbocycles. The van der Waals surface area contributed by atoms with Gasteiger partial charge >= 0.3 is 0 Å². The summed E-state index contributed by atoms with van der Waals surface area (Å²) in [4.78, 5) is 12.9. The number of halogens is 1. The van der Waals surface area contributed by atoms with Gasteiger partial charge < -0.3 is 20.1 Å². The van der Waals surface area contributed by atoms with E-state index in [1.165, 1.54) is 4.88 Å². The molecule has 31 heavy (non-hydrogen) atoms. The van der Waals surface area contributed by atoms with Crippen molar-refractivity contribution >= 4 is 41.3 Å². The van der Waals surface area contributed by atoms with Crippen molar-refractivity contribution in [2.75, 3.05) is 46.0 Å². The quantitative estimate of drug-likeness (QED) is 0.265. The first-order valence-electron chi connectivity index (χ1n) is 10.7. The molecule has 1 aliphatic heterocycles. The first-order chi connectivity index (χ1) is 14.8. The number of guanidine groups is 1. The van der Waals surface area contributed by atoms with E-state index in [0.717, 1.165) is 68.1 Å². The number of rotatable bonds is 10. The Hall–Kier alpha value is -1.43. The van der Waals surface area contributed by atoms with Gasteiger partial charge in [0.25, 0.3) is 0 Å². The molecule has 0 spiro atoms. The molecule has 0 amide bonds. The van der Waals surface area contributed by atoms with Gasteiger partial charge in [-0.1, -0.05) is 25.1 Å². The highest BCUT2D eigenvalue weighted by Gasteiger charge is 2.11. The highest BCUT2D eigenvalue weighted by atomic mass is 127. The largest absolute Gasteiger partial charge is 0.492 e. The van der Waals surface area contributed by atoms with Crippen molar-refractivity contribution in [2.24, 2.45) is 4.99 Å². The Morgan fingerprint density at radius 3 is 2.77 bits per heavy atom. The molecule has 0 unspecified atom stereocenters. The number of aryl methyl sites for hydroxylation is 1. The van der Waals surface area contributed by atoms with Gasteiger partial charge in [0.15, 0.2) is 5.96 Å². The van der Waals surface area contributed by atoms with Crippen LogP contribution in [-0.2, 0) is 24.2 Å². The molecule has 1 aromatic heterocycles. The summed E-state index contributed by atoms with van der Waals surface area (Å²) in [7, 11) is 0. The Morgan fingerprint density at radius 2 is 2.03 bits per heavy atom. The third-order valence-corrected chi connectivity index (χ3v) is 5.99. The second-order valence-corrected chi connectivity index (χ2v) is 8.23. The van der Waals surface area contributed by atoms with Crippen molar-refractivity contribution in [3.05, 3.63) is 45.9 Å². The van der Waals surface area contributed by atoms with Crippen LogP contribution in [0, 0.1) is 0 Å². The maximum Gasteiger partial charge on any atom is 0.191 e. The fourth-order valence-corrected chi connectivity index (χ4v) is 3.95. The molecule has 7 nitrogen and oxygen atoms in total. The van der Waals surface area contributed by atoms with Gasteiger partial charge in [0.2, 0.25) is 0 Å². The van der Waals surface area contributed by atoms with Crippen LogP contribution in [-0.4, -0.2) is 61.8 Å². The van der Waals surface area contributed by atoms with E-state index in [2.05, 4.69) is 40.4 Å². The Kier molecular flexibility index (Phi) is 12.2. The molecule has 1 aromatic carbocycles. The minimum Gasteiger partial charge on any atom is -0.492 e. The maximum absolute atomic E-state index is 6.08. The second kappa shape index (κ2) is 14.6. The average Bonchev–Trinajstić information content (AvgIpc) is 3.25. The van der Waals surface area contributed by atoms with Crippen LogP contribution in [0.25, 0.3) is 0 Å². The van der Waals surface area contributed by atoms with Crippen LogP contribution in [0.4, 0.5) is 0 Å². The van der Waals surface area contributed by atoms with Gasteiger partial charge in [-0.25, -0.2) is 9.98 Å².